The Labute approximate surface area is 197 Å². The van der Waals surface area contributed by atoms with Crippen LogP contribution in [-0.2, 0) is 16.7 Å². The van der Waals surface area contributed by atoms with E-state index in [0.29, 0.717) is 28.2 Å². The second-order valence-electron chi connectivity index (χ2n) is 7.51. The normalized spacial score (nSPS) is 12.6. The molecule has 0 spiro atoms. The van der Waals surface area contributed by atoms with Gasteiger partial charge in [0.25, 0.3) is 0 Å². The highest BCUT2D eigenvalue weighted by molar-refractivity contribution is 7.98. The van der Waals surface area contributed by atoms with E-state index in [4.69, 9.17) is 0 Å². The molecule has 0 radical (unpaired) electrons. The van der Waals surface area contributed by atoms with E-state index >= 15 is 0 Å². The molecule has 176 valence electrons. The molecule has 1 amide bonds. The van der Waals surface area contributed by atoms with Gasteiger partial charge in [-0.25, -0.2) is 9.37 Å². The fourth-order valence-corrected chi connectivity index (χ4v) is 4.57. The maximum Gasteiger partial charge on any atom is 0.416 e. The quantitative estimate of drug-likeness (QED) is 0.239. The van der Waals surface area contributed by atoms with E-state index in [1.165, 1.54) is 36.0 Å². The van der Waals surface area contributed by atoms with Gasteiger partial charge in [0, 0.05) is 11.9 Å². The maximum atomic E-state index is 14.1. The minimum absolute atomic E-state index is 0.0617. The smallest absolute Gasteiger partial charge is 0.322 e. The molecule has 34 heavy (non-hydrogen) atoms. The number of imidazole rings is 1. The fourth-order valence-electron chi connectivity index (χ4n) is 3.57. The molecule has 4 rings (SSSR count). The van der Waals surface area contributed by atoms with Gasteiger partial charge in [0.15, 0.2) is 5.16 Å². The molecule has 2 aromatic carbocycles. The number of amides is 1. The molecule has 10 heteroatoms. The van der Waals surface area contributed by atoms with E-state index in [2.05, 4.69) is 15.3 Å². The monoisotopic (exact) mass is 488 g/mol. The number of rotatable bonds is 7. The Morgan fingerprint density at radius 3 is 2.68 bits per heavy atom. The first kappa shape index (κ1) is 23.7. The molecule has 1 atom stereocenters. The second kappa shape index (κ2) is 9.84. The van der Waals surface area contributed by atoms with Crippen LogP contribution in [-0.4, -0.2) is 20.4 Å². The zero-order valence-corrected chi connectivity index (χ0v) is 18.8. The first-order valence-electron chi connectivity index (χ1n) is 10.4. The van der Waals surface area contributed by atoms with Crippen LogP contribution in [0.15, 0.2) is 72.1 Å². The average Bonchev–Trinajstić information content (AvgIpc) is 3.18. The predicted octanol–water partition coefficient (Wildman–Crippen LogP) is 6.47. The number of nitrogens with one attached hydrogen (secondary N) is 1. The van der Waals surface area contributed by atoms with Crippen molar-refractivity contribution in [3.8, 4) is 0 Å². The molecule has 0 fully saturated rings. The highest BCUT2D eigenvalue weighted by Gasteiger charge is 2.30. The number of benzene rings is 2. The number of carbonyl (C=O) groups excluding carboxylic acids is 1. The van der Waals surface area contributed by atoms with E-state index in [0.717, 1.165) is 12.1 Å². The molecule has 0 saturated heterocycles. The van der Waals surface area contributed by atoms with Gasteiger partial charge in [-0.3, -0.25) is 9.78 Å². The summed E-state index contributed by atoms with van der Waals surface area (Å²) in [6.07, 6.45) is -0.910. The van der Waals surface area contributed by atoms with Gasteiger partial charge < -0.3 is 9.88 Å². The third-order valence-corrected chi connectivity index (χ3v) is 6.24. The van der Waals surface area contributed by atoms with E-state index in [1.807, 2.05) is 6.92 Å². The number of nitrogens with zero attached hydrogens (tertiary/aromatic N) is 3. The number of hydrogen-bond acceptors (Lipinski definition) is 4. The zero-order valence-electron chi connectivity index (χ0n) is 18.0. The number of carbonyl (C=O) groups is 1. The molecule has 2 aromatic heterocycles. The number of hydrogen-bond donors (Lipinski definition) is 1. The van der Waals surface area contributed by atoms with Gasteiger partial charge in [0.1, 0.15) is 11.9 Å². The third-order valence-electron chi connectivity index (χ3n) is 5.21. The largest absolute Gasteiger partial charge is 0.416 e. The Kier molecular flexibility index (Phi) is 6.87. The maximum absolute atomic E-state index is 14.1. The number of thioether (sulfide) groups is 1. The SMILES string of the molecule is CC[C@H](C(=O)Nc1ccccc1F)n1c(SCc2cccc(C(F)(F)F)c2)nc2ccncc21. The van der Waals surface area contributed by atoms with Crippen molar-refractivity contribution in [3.05, 3.63) is 83.9 Å². The third kappa shape index (κ3) is 5.06. The summed E-state index contributed by atoms with van der Waals surface area (Å²) in [6.45, 7) is 1.81. The molecule has 0 unspecified atom stereocenters. The molecule has 0 bridgehead atoms. The van der Waals surface area contributed by atoms with Crippen LogP contribution in [0.3, 0.4) is 0 Å². The van der Waals surface area contributed by atoms with E-state index in [1.54, 1.807) is 35.2 Å². The van der Waals surface area contributed by atoms with Gasteiger partial charge in [-0.1, -0.05) is 49.0 Å². The first-order valence-corrected chi connectivity index (χ1v) is 11.4. The Morgan fingerprint density at radius 1 is 1.15 bits per heavy atom. The van der Waals surface area contributed by atoms with Gasteiger partial charge in [0.05, 0.1) is 28.5 Å². The van der Waals surface area contributed by atoms with Crippen molar-refractivity contribution in [1.82, 2.24) is 14.5 Å². The van der Waals surface area contributed by atoms with Crippen LogP contribution in [0.5, 0.6) is 0 Å². The van der Waals surface area contributed by atoms with Crippen molar-refractivity contribution < 1.29 is 22.4 Å². The van der Waals surface area contributed by atoms with Gasteiger partial charge in [-0.15, -0.1) is 0 Å². The topological polar surface area (TPSA) is 59.8 Å². The summed E-state index contributed by atoms with van der Waals surface area (Å²) in [6, 6.07) is 11.9. The lowest BCUT2D eigenvalue weighted by atomic mass is 10.1. The summed E-state index contributed by atoms with van der Waals surface area (Å²) in [4.78, 5) is 21.9. The lowest BCUT2D eigenvalue weighted by Crippen LogP contribution is -2.26. The molecule has 1 N–H and O–H groups in total. The van der Waals surface area contributed by atoms with Crippen LogP contribution in [0, 0.1) is 5.82 Å². The zero-order chi connectivity index (χ0) is 24.3. The Morgan fingerprint density at radius 2 is 1.94 bits per heavy atom. The Balaban J connectivity index is 1.66. The Hall–Kier alpha value is -3.40. The minimum Gasteiger partial charge on any atom is -0.322 e. The molecular weight excluding hydrogens is 468 g/mol. The molecule has 5 nitrogen and oxygen atoms in total. The van der Waals surface area contributed by atoms with Gasteiger partial charge in [-0.05, 0) is 36.2 Å². The van der Waals surface area contributed by atoms with Crippen molar-refractivity contribution in [2.24, 2.45) is 0 Å². The van der Waals surface area contributed by atoms with E-state index in [9.17, 15) is 22.4 Å². The average molecular weight is 489 g/mol. The molecular formula is C24H20F4N4OS. The summed E-state index contributed by atoms with van der Waals surface area (Å²) < 4.78 is 55.0. The second-order valence-corrected chi connectivity index (χ2v) is 8.45. The van der Waals surface area contributed by atoms with Crippen molar-refractivity contribution in [1.29, 1.82) is 0 Å². The molecule has 4 aromatic rings. The van der Waals surface area contributed by atoms with Crippen LogP contribution in [0.2, 0.25) is 0 Å². The van der Waals surface area contributed by atoms with Crippen molar-refractivity contribution in [2.45, 2.75) is 36.5 Å². The standard InChI is InChI=1S/C24H20F4N4OS/c1-2-20(22(33)30-18-9-4-3-8-17(18)25)32-21-13-29-11-10-19(21)31-23(32)34-14-15-6-5-7-16(12-15)24(26,27)28/h3-13,20H,2,14H2,1H3,(H,30,33)/t20-/m1/s1. The molecule has 0 saturated carbocycles. The summed E-state index contributed by atoms with van der Waals surface area (Å²) >= 11 is 1.22. The predicted molar refractivity (Wildman–Crippen MR) is 123 cm³/mol. The number of anilines is 1. The van der Waals surface area contributed by atoms with Crippen LogP contribution in [0.4, 0.5) is 23.2 Å². The summed E-state index contributed by atoms with van der Waals surface area (Å²) in [5.74, 6) is -0.773. The van der Waals surface area contributed by atoms with Crippen LogP contribution >= 0.6 is 11.8 Å². The summed E-state index contributed by atoms with van der Waals surface area (Å²) in [5.41, 5.74) is 1.01. The lowest BCUT2D eigenvalue weighted by Gasteiger charge is -2.20. The summed E-state index contributed by atoms with van der Waals surface area (Å²) in [5, 5.41) is 3.08. The number of halogens is 4. The number of para-hydroxylation sites is 1. The van der Waals surface area contributed by atoms with Crippen molar-refractivity contribution in [3.63, 3.8) is 0 Å². The van der Waals surface area contributed by atoms with Gasteiger partial charge in [-0.2, -0.15) is 13.2 Å². The lowest BCUT2D eigenvalue weighted by molar-refractivity contribution is -0.137. The van der Waals surface area contributed by atoms with Crippen LogP contribution in [0.25, 0.3) is 11.0 Å². The number of pyridine rings is 1. The van der Waals surface area contributed by atoms with E-state index < -0.39 is 29.5 Å². The van der Waals surface area contributed by atoms with Crippen LogP contribution in [0.1, 0.15) is 30.5 Å². The molecule has 0 aliphatic carbocycles. The molecule has 0 aliphatic rings. The summed E-state index contributed by atoms with van der Waals surface area (Å²) in [7, 11) is 0. The fraction of sp³-hybridized carbons (Fsp3) is 0.208. The van der Waals surface area contributed by atoms with Crippen molar-refractivity contribution in [2.75, 3.05) is 5.32 Å². The number of aromatic nitrogens is 3. The van der Waals surface area contributed by atoms with Crippen LogP contribution < -0.4 is 5.32 Å². The van der Waals surface area contributed by atoms with Gasteiger partial charge >= 0.3 is 6.18 Å². The van der Waals surface area contributed by atoms with E-state index in [-0.39, 0.29) is 11.4 Å². The molecule has 0 aliphatic heterocycles. The number of fused-ring (bicyclic) bond motifs is 1. The number of alkyl halides is 3. The highest BCUT2D eigenvalue weighted by atomic mass is 32.2. The van der Waals surface area contributed by atoms with Crippen molar-refractivity contribution >= 4 is 34.4 Å². The minimum atomic E-state index is -4.43. The highest BCUT2D eigenvalue weighted by Crippen LogP contribution is 2.34. The molecule has 2 heterocycles. The first-order chi connectivity index (χ1) is 16.3. The van der Waals surface area contributed by atoms with Gasteiger partial charge in [0.2, 0.25) is 5.91 Å². The Bertz CT molecular complexity index is 1320.